The maximum Gasteiger partial charge on any atom is 0.360 e. The van der Waals surface area contributed by atoms with E-state index in [0.717, 1.165) is 64.2 Å². The lowest BCUT2D eigenvalue weighted by Gasteiger charge is -2.31. The first-order chi connectivity index (χ1) is 13.6. The lowest BCUT2D eigenvalue weighted by Crippen LogP contribution is -2.41. The number of rotatable bonds is 8. The minimum atomic E-state index is -3.39. The zero-order valence-electron chi connectivity index (χ0n) is 18.0. The van der Waals surface area contributed by atoms with Crippen molar-refractivity contribution < 1.29 is 32.6 Å². The Balaban J connectivity index is 1.93. The smallest absolute Gasteiger partial charge is 0.360 e. The van der Waals surface area contributed by atoms with Crippen LogP contribution in [0.4, 0.5) is 8.78 Å². The van der Waals surface area contributed by atoms with Crippen molar-refractivity contribution in [3.63, 3.8) is 0 Å². The molecule has 0 radical (unpaired) electrons. The number of hydrogen-bond acceptors (Lipinski definition) is 5. The van der Waals surface area contributed by atoms with Gasteiger partial charge >= 0.3 is 18.0 Å². The first kappa shape index (κ1) is 24.0. The van der Waals surface area contributed by atoms with Crippen LogP contribution in [0.3, 0.4) is 0 Å². The van der Waals surface area contributed by atoms with Gasteiger partial charge in [0.25, 0.3) is 0 Å². The maximum absolute atomic E-state index is 14.2. The zero-order chi connectivity index (χ0) is 21.5. The summed E-state index contributed by atoms with van der Waals surface area (Å²) in [6.07, 6.45) is 4.71. The van der Waals surface area contributed by atoms with Gasteiger partial charge in [0, 0.05) is 0 Å². The average Bonchev–Trinajstić information content (AvgIpc) is 2.70. The van der Waals surface area contributed by atoms with Gasteiger partial charge in [-0.1, -0.05) is 59.3 Å². The molecule has 2 aliphatic carbocycles. The predicted molar refractivity (Wildman–Crippen MR) is 104 cm³/mol. The molecule has 1 atom stereocenters. The molecule has 2 saturated carbocycles. The number of ether oxygens (including phenoxy) is 3. The molecule has 0 aromatic carbocycles. The third kappa shape index (κ3) is 7.50. The summed E-state index contributed by atoms with van der Waals surface area (Å²) in [6, 6.07) is 0. The molecule has 0 aliphatic heterocycles. The quantitative estimate of drug-likeness (QED) is 0.503. The summed E-state index contributed by atoms with van der Waals surface area (Å²) in [5.74, 6) is -1.13. The van der Waals surface area contributed by atoms with Gasteiger partial charge in [0.15, 0.2) is 6.10 Å². The van der Waals surface area contributed by atoms with Crippen LogP contribution < -0.4 is 0 Å². The van der Waals surface area contributed by atoms with Crippen LogP contribution in [-0.4, -0.2) is 37.4 Å². The number of alkyl halides is 2. The first-order valence-electron chi connectivity index (χ1n) is 11.0. The fourth-order valence-electron chi connectivity index (χ4n) is 3.76. The summed E-state index contributed by atoms with van der Waals surface area (Å²) in [7, 11) is 0. The molecule has 5 nitrogen and oxygen atoms in total. The van der Waals surface area contributed by atoms with Crippen molar-refractivity contribution >= 4 is 11.9 Å². The van der Waals surface area contributed by atoms with Crippen molar-refractivity contribution in [2.75, 3.05) is 13.2 Å². The number of carbonyl (C=O) groups excluding carboxylic acids is 2. The van der Waals surface area contributed by atoms with E-state index in [4.69, 9.17) is 14.2 Å². The van der Waals surface area contributed by atoms with E-state index in [1.54, 1.807) is 0 Å². The Labute approximate surface area is 172 Å². The molecular weight excluding hydrogens is 382 g/mol. The van der Waals surface area contributed by atoms with Crippen molar-refractivity contribution in [1.29, 1.82) is 0 Å². The van der Waals surface area contributed by atoms with E-state index in [2.05, 4.69) is 0 Å². The van der Waals surface area contributed by atoms with Crippen LogP contribution in [0.2, 0.25) is 0 Å². The lowest BCUT2D eigenvalue weighted by atomic mass is 9.89. The minimum Gasteiger partial charge on any atom is -0.461 e. The summed E-state index contributed by atoms with van der Waals surface area (Å²) < 4.78 is 44.0. The van der Waals surface area contributed by atoms with Crippen LogP contribution in [0.15, 0.2) is 0 Å². The number of halogens is 2. The second-order valence-corrected chi connectivity index (χ2v) is 9.44. The predicted octanol–water partition coefficient (Wildman–Crippen LogP) is 5.26. The Morgan fingerprint density at radius 1 is 0.828 bits per heavy atom. The van der Waals surface area contributed by atoms with Crippen molar-refractivity contribution in [3.05, 3.63) is 0 Å². The molecule has 29 heavy (non-hydrogen) atoms. The molecule has 168 valence electrons. The molecule has 2 rings (SSSR count). The highest BCUT2D eigenvalue weighted by Gasteiger charge is 2.45. The number of esters is 2. The Kier molecular flexibility index (Phi) is 8.86. The van der Waals surface area contributed by atoms with Crippen LogP contribution in [0.1, 0.15) is 85.0 Å². The summed E-state index contributed by atoms with van der Waals surface area (Å²) in [5, 5.41) is 0. The molecule has 0 N–H and O–H groups in total. The molecule has 7 heteroatoms. The SMILES string of the molecule is CC(C)(C)C(F)(F)OCC(COC(=O)C1CCCCC1)OC(=O)C1CCCCC1. The summed E-state index contributed by atoms with van der Waals surface area (Å²) >= 11 is 0. The van der Waals surface area contributed by atoms with Crippen molar-refractivity contribution in [2.45, 2.75) is 97.2 Å². The topological polar surface area (TPSA) is 61.8 Å². The molecule has 0 heterocycles. The molecule has 2 fully saturated rings. The van der Waals surface area contributed by atoms with Gasteiger partial charge in [0.1, 0.15) is 6.61 Å². The van der Waals surface area contributed by atoms with E-state index in [-0.39, 0.29) is 24.4 Å². The highest BCUT2D eigenvalue weighted by Crippen LogP contribution is 2.37. The van der Waals surface area contributed by atoms with Crippen LogP contribution in [0.25, 0.3) is 0 Å². The highest BCUT2D eigenvalue weighted by atomic mass is 19.3. The van der Waals surface area contributed by atoms with Gasteiger partial charge in [-0.25, -0.2) is 0 Å². The van der Waals surface area contributed by atoms with E-state index in [1.807, 2.05) is 0 Å². The van der Waals surface area contributed by atoms with Crippen LogP contribution in [-0.2, 0) is 23.8 Å². The number of hydrogen-bond donors (Lipinski definition) is 0. The molecule has 0 aromatic rings. The van der Waals surface area contributed by atoms with Crippen molar-refractivity contribution in [1.82, 2.24) is 0 Å². The standard InChI is InChI=1S/C22H36F2O5/c1-21(2,3)22(23,24)28-15-18(29-20(26)17-12-8-5-9-13-17)14-27-19(25)16-10-6-4-7-11-16/h16-18H,4-15H2,1-3H3. The van der Waals surface area contributed by atoms with Gasteiger partial charge in [-0.05, 0) is 25.7 Å². The fourth-order valence-corrected chi connectivity index (χ4v) is 3.76. The fraction of sp³-hybridized carbons (Fsp3) is 0.909. The molecular formula is C22H36F2O5. The van der Waals surface area contributed by atoms with E-state index < -0.39 is 30.2 Å². The van der Waals surface area contributed by atoms with Crippen LogP contribution in [0, 0.1) is 17.3 Å². The normalized spacial score (nSPS) is 20.9. The Morgan fingerprint density at radius 2 is 1.31 bits per heavy atom. The van der Waals surface area contributed by atoms with Crippen molar-refractivity contribution in [3.8, 4) is 0 Å². The monoisotopic (exact) mass is 418 g/mol. The molecule has 0 spiro atoms. The Morgan fingerprint density at radius 3 is 1.79 bits per heavy atom. The highest BCUT2D eigenvalue weighted by molar-refractivity contribution is 5.73. The van der Waals surface area contributed by atoms with E-state index in [9.17, 15) is 18.4 Å². The zero-order valence-corrected chi connectivity index (χ0v) is 18.0. The Bertz CT molecular complexity index is 532. The van der Waals surface area contributed by atoms with Gasteiger partial charge in [0.05, 0.1) is 23.9 Å². The Hall–Kier alpha value is -1.24. The molecule has 2 aliphatic rings. The van der Waals surface area contributed by atoms with Gasteiger partial charge in [-0.15, -0.1) is 0 Å². The summed E-state index contributed by atoms with van der Waals surface area (Å²) in [6.45, 7) is 3.35. The summed E-state index contributed by atoms with van der Waals surface area (Å²) in [5.41, 5.74) is -1.40. The summed E-state index contributed by atoms with van der Waals surface area (Å²) in [4.78, 5) is 24.8. The molecule has 1 unspecified atom stereocenters. The van der Waals surface area contributed by atoms with Crippen molar-refractivity contribution in [2.24, 2.45) is 17.3 Å². The van der Waals surface area contributed by atoms with Gasteiger partial charge in [-0.2, -0.15) is 8.78 Å². The van der Waals surface area contributed by atoms with Gasteiger partial charge in [0.2, 0.25) is 0 Å². The number of carbonyl (C=O) groups is 2. The minimum absolute atomic E-state index is 0.157. The second-order valence-electron chi connectivity index (χ2n) is 9.44. The van der Waals surface area contributed by atoms with Crippen LogP contribution >= 0.6 is 0 Å². The molecule has 0 aromatic heterocycles. The molecule has 0 amide bonds. The van der Waals surface area contributed by atoms with E-state index in [1.165, 1.54) is 20.8 Å². The third-order valence-corrected chi connectivity index (χ3v) is 5.89. The lowest BCUT2D eigenvalue weighted by molar-refractivity contribution is -0.303. The third-order valence-electron chi connectivity index (χ3n) is 5.89. The van der Waals surface area contributed by atoms with Gasteiger partial charge < -0.3 is 14.2 Å². The van der Waals surface area contributed by atoms with Gasteiger partial charge in [-0.3, -0.25) is 9.59 Å². The average molecular weight is 419 g/mol. The molecule has 0 saturated heterocycles. The van der Waals surface area contributed by atoms with E-state index >= 15 is 0 Å². The first-order valence-corrected chi connectivity index (χ1v) is 11.0. The maximum atomic E-state index is 14.2. The second kappa shape index (κ2) is 10.7. The van der Waals surface area contributed by atoms with Crippen LogP contribution in [0.5, 0.6) is 0 Å². The molecule has 0 bridgehead atoms. The van der Waals surface area contributed by atoms with E-state index in [0.29, 0.717) is 0 Å². The largest absolute Gasteiger partial charge is 0.461 e.